The van der Waals surface area contributed by atoms with Crippen molar-refractivity contribution in [1.82, 2.24) is 15.3 Å². The molecule has 0 saturated heterocycles. The number of nitrogens with one attached hydrogen (secondary N) is 2. The lowest BCUT2D eigenvalue weighted by molar-refractivity contribution is -0.123. The van der Waals surface area contributed by atoms with Crippen molar-refractivity contribution in [3.63, 3.8) is 0 Å². The van der Waals surface area contributed by atoms with E-state index in [-0.39, 0.29) is 24.2 Å². The number of nitrogens with zero attached hydrogens (tertiary/aromatic N) is 1. The average molecular weight is 298 g/mol. The minimum absolute atomic E-state index is 0. The molecule has 0 radical (unpaired) electrons. The number of hydrogen-bond donors (Lipinski definition) is 2. The van der Waals surface area contributed by atoms with E-state index in [0.717, 1.165) is 12.1 Å². The van der Waals surface area contributed by atoms with Crippen LogP contribution < -0.4 is 5.32 Å². The molecule has 3 atom stereocenters. The molecule has 2 N–H and O–H groups in total. The van der Waals surface area contributed by atoms with Crippen LogP contribution in [0.3, 0.4) is 0 Å². The lowest BCUT2D eigenvalue weighted by atomic mass is 9.84. The van der Waals surface area contributed by atoms with Crippen LogP contribution in [0.25, 0.3) is 0 Å². The largest absolute Gasteiger partial charge is 0.353 e. The molecule has 20 heavy (non-hydrogen) atoms. The van der Waals surface area contributed by atoms with E-state index in [1.165, 1.54) is 32.1 Å². The zero-order chi connectivity index (χ0) is 13.2. The molecule has 5 heteroatoms. The van der Waals surface area contributed by atoms with E-state index in [1.54, 1.807) is 6.33 Å². The van der Waals surface area contributed by atoms with Gasteiger partial charge in [-0.3, -0.25) is 4.79 Å². The predicted molar refractivity (Wildman–Crippen MR) is 80.9 cm³/mol. The number of H-pyrrole nitrogens is 1. The Morgan fingerprint density at radius 3 is 2.80 bits per heavy atom. The Labute approximate surface area is 126 Å². The molecule has 1 heterocycles. The van der Waals surface area contributed by atoms with Crippen LogP contribution >= 0.6 is 12.4 Å². The molecule has 0 unspecified atom stereocenters. The van der Waals surface area contributed by atoms with Gasteiger partial charge in [0.15, 0.2) is 0 Å². The first kappa shape index (κ1) is 15.4. The van der Waals surface area contributed by atoms with Crippen molar-refractivity contribution in [3.05, 3.63) is 18.2 Å². The van der Waals surface area contributed by atoms with Crippen LogP contribution in [0.4, 0.5) is 0 Å². The zero-order valence-corrected chi connectivity index (χ0v) is 12.8. The van der Waals surface area contributed by atoms with Gasteiger partial charge in [-0.15, -0.1) is 12.4 Å². The maximum Gasteiger partial charge on any atom is 0.224 e. The van der Waals surface area contributed by atoms with E-state index >= 15 is 0 Å². The van der Waals surface area contributed by atoms with Crippen LogP contribution in [0.1, 0.15) is 57.1 Å². The second-order valence-electron chi connectivity index (χ2n) is 6.14. The molecule has 1 aromatic heterocycles. The molecule has 1 aromatic rings. The van der Waals surface area contributed by atoms with Crippen molar-refractivity contribution < 1.29 is 4.79 Å². The lowest BCUT2D eigenvalue weighted by Gasteiger charge is -2.28. The Balaban J connectivity index is 0.00000147. The van der Waals surface area contributed by atoms with Gasteiger partial charge in [-0.05, 0) is 32.1 Å². The topological polar surface area (TPSA) is 57.8 Å². The molecule has 0 aliphatic heterocycles. The van der Waals surface area contributed by atoms with Crippen molar-refractivity contribution in [2.24, 2.45) is 11.8 Å². The molecule has 4 nitrogen and oxygen atoms in total. The van der Waals surface area contributed by atoms with Crippen LogP contribution in [-0.4, -0.2) is 21.9 Å². The first-order valence-electron chi connectivity index (χ1n) is 7.54. The van der Waals surface area contributed by atoms with Crippen molar-refractivity contribution in [1.29, 1.82) is 0 Å². The SMILES string of the molecule is C[C@H](NC(=O)[C@H]1C[C@@H]1c1c[nH]cn1)C1CCCCC1.Cl. The highest BCUT2D eigenvalue weighted by Gasteiger charge is 2.45. The fraction of sp³-hybridized carbons (Fsp3) is 0.733. The summed E-state index contributed by atoms with van der Waals surface area (Å²) < 4.78 is 0. The third-order valence-electron chi connectivity index (χ3n) is 4.75. The van der Waals surface area contributed by atoms with Gasteiger partial charge in [-0.2, -0.15) is 0 Å². The van der Waals surface area contributed by atoms with Crippen molar-refractivity contribution >= 4 is 18.3 Å². The van der Waals surface area contributed by atoms with Gasteiger partial charge in [0.25, 0.3) is 0 Å². The Kier molecular flexibility index (Phi) is 5.08. The zero-order valence-electron chi connectivity index (χ0n) is 12.0. The van der Waals surface area contributed by atoms with Crippen LogP contribution in [0, 0.1) is 11.8 Å². The van der Waals surface area contributed by atoms with Crippen LogP contribution in [0.5, 0.6) is 0 Å². The second kappa shape index (κ2) is 6.61. The molecule has 112 valence electrons. The summed E-state index contributed by atoms with van der Waals surface area (Å²) in [6.07, 6.45) is 11.1. The number of carbonyl (C=O) groups excluding carboxylic acids is 1. The van der Waals surface area contributed by atoms with E-state index in [2.05, 4.69) is 22.2 Å². The molecule has 1 amide bonds. The van der Waals surface area contributed by atoms with Gasteiger partial charge in [-0.25, -0.2) is 4.98 Å². The lowest BCUT2D eigenvalue weighted by Crippen LogP contribution is -2.39. The average Bonchev–Trinajstić information content (AvgIpc) is 3.06. The number of amides is 1. The molecule has 0 spiro atoms. The normalized spacial score (nSPS) is 27.4. The summed E-state index contributed by atoms with van der Waals surface area (Å²) in [5, 5.41) is 3.23. The summed E-state index contributed by atoms with van der Waals surface area (Å²) >= 11 is 0. The minimum atomic E-state index is 0. The first-order valence-corrected chi connectivity index (χ1v) is 7.54. The second-order valence-corrected chi connectivity index (χ2v) is 6.14. The Morgan fingerprint density at radius 2 is 2.15 bits per heavy atom. The summed E-state index contributed by atoms with van der Waals surface area (Å²) in [6, 6.07) is 0.327. The molecule has 2 aliphatic carbocycles. The number of halogens is 1. The number of carbonyl (C=O) groups is 1. The maximum atomic E-state index is 12.2. The first-order chi connectivity index (χ1) is 9.25. The molecule has 3 rings (SSSR count). The summed E-state index contributed by atoms with van der Waals surface area (Å²) in [4.78, 5) is 19.4. The van der Waals surface area contributed by atoms with E-state index in [4.69, 9.17) is 0 Å². The van der Waals surface area contributed by atoms with Gasteiger partial charge < -0.3 is 10.3 Å². The fourth-order valence-corrected chi connectivity index (χ4v) is 3.37. The van der Waals surface area contributed by atoms with Gasteiger partial charge in [0.05, 0.1) is 12.0 Å². The van der Waals surface area contributed by atoms with Gasteiger partial charge in [0, 0.05) is 24.1 Å². The third kappa shape index (κ3) is 3.35. The number of hydrogen-bond acceptors (Lipinski definition) is 2. The van der Waals surface area contributed by atoms with Crippen LogP contribution in [0.15, 0.2) is 12.5 Å². The number of aromatic nitrogens is 2. The smallest absolute Gasteiger partial charge is 0.224 e. The molecule has 2 saturated carbocycles. The van der Waals surface area contributed by atoms with Crippen molar-refractivity contribution in [3.8, 4) is 0 Å². The Hall–Kier alpha value is -1.03. The standard InChI is InChI=1S/C15H23N3O.ClH/c1-10(11-5-3-2-4-6-11)18-15(19)13-7-12(13)14-8-16-9-17-14;/h8-13H,2-7H2,1H3,(H,16,17)(H,18,19);1H/t10-,12-,13-;/m0./s1. The monoisotopic (exact) mass is 297 g/mol. The molecule has 0 bridgehead atoms. The predicted octanol–water partition coefficient (Wildman–Crippen LogP) is 3.02. The highest BCUT2D eigenvalue weighted by molar-refractivity contribution is 5.85. The highest BCUT2D eigenvalue weighted by Crippen LogP contribution is 2.46. The van der Waals surface area contributed by atoms with E-state index < -0.39 is 0 Å². The van der Waals surface area contributed by atoms with Crippen molar-refractivity contribution in [2.75, 3.05) is 0 Å². The Bertz CT molecular complexity index is 428. The third-order valence-corrected chi connectivity index (χ3v) is 4.75. The maximum absolute atomic E-state index is 12.2. The highest BCUT2D eigenvalue weighted by atomic mass is 35.5. The van der Waals surface area contributed by atoms with Gasteiger partial charge in [0.2, 0.25) is 5.91 Å². The Morgan fingerprint density at radius 1 is 1.40 bits per heavy atom. The summed E-state index contributed by atoms with van der Waals surface area (Å²) in [7, 11) is 0. The van der Waals surface area contributed by atoms with Crippen LogP contribution in [0.2, 0.25) is 0 Å². The van der Waals surface area contributed by atoms with Crippen LogP contribution in [-0.2, 0) is 4.79 Å². The fourth-order valence-electron chi connectivity index (χ4n) is 3.37. The van der Waals surface area contributed by atoms with E-state index in [1.807, 2.05) is 6.20 Å². The van der Waals surface area contributed by atoms with Gasteiger partial charge in [-0.1, -0.05) is 19.3 Å². The molecule has 0 aromatic carbocycles. The summed E-state index contributed by atoms with van der Waals surface area (Å²) in [6.45, 7) is 2.17. The quantitative estimate of drug-likeness (QED) is 0.897. The number of rotatable bonds is 4. The molecular weight excluding hydrogens is 274 g/mol. The molecule has 2 fully saturated rings. The van der Waals surface area contributed by atoms with Crippen molar-refractivity contribution in [2.45, 2.75) is 57.4 Å². The molecule has 2 aliphatic rings. The summed E-state index contributed by atoms with van der Waals surface area (Å²) in [5.74, 6) is 1.39. The van der Waals surface area contributed by atoms with E-state index in [0.29, 0.717) is 17.9 Å². The molecular formula is C15H24ClN3O. The number of imidazole rings is 1. The van der Waals surface area contributed by atoms with E-state index in [9.17, 15) is 4.79 Å². The minimum Gasteiger partial charge on any atom is -0.353 e. The van der Waals surface area contributed by atoms with Gasteiger partial charge in [0.1, 0.15) is 0 Å². The summed E-state index contributed by atoms with van der Waals surface area (Å²) in [5.41, 5.74) is 1.03. The van der Waals surface area contributed by atoms with Gasteiger partial charge >= 0.3 is 0 Å². The number of aromatic amines is 1.